The molecule has 1 aromatic carbocycles. The molecule has 0 bridgehead atoms. The molecule has 0 saturated carbocycles. The number of aryl methyl sites for hydroxylation is 2. The van der Waals surface area contributed by atoms with Crippen LogP contribution >= 0.6 is 11.3 Å². The molecule has 3 N–H and O–H groups in total. The van der Waals surface area contributed by atoms with E-state index >= 15 is 0 Å². The third-order valence-electron chi connectivity index (χ3n) is 4.41. The maximum absolute atomic E-state index is 12.6. The average molecular weight is 379 g/mol. The van der Waals surface area contributed by atoms with Crippen LogP contribution in [0, 0.1) is 13.8 Å². The van der Waals surface area contributed by atoms with Crippen LogP contribution in [0.1, 0.15) is 26.5 Å². The molecule has 1 amide bonds. The minimum absolute atomic E-state index is 0.215. The highest BCUT2D eigenvalue weighted by molar-refractivity contribution is 7.21. The second-order valence-corrected chi connectivity index (χ2v) is 7.12. The lowest BCUT2D eigenvalue weighted by Gasteiger charge is -2.06. The van der Waals surface area contributed by atoms with Gasteiger partial charge in [0.1, 0.15) is 22.4 Å². The highest BCUT2D eigenvalue weighted by atomic mass is 32.1. The summed E-state index contributed by atoms with van der Waals surface area (Å²) in [4.78, 5) is 17.7. The van der Waals surface area contributed by atoms with E-state index in [4.69, 9.17) is 5.73 Å². The highest BCUT2D eigenvalue weighted by Gasteiger charge is 2.19. The van der Waals surface area contributed by atoms with Crippen LogP contribution in [-0.4, -0.2) is 30.9 Å². The van der Waals surface area contributed by atoms with Crippen LogP contribution in [0.4, 0.5) is 5.69 Å². The van der Waals surface area contributed by atoms with E-state index in [1.54, 1.807) is 11.0 Å². The Hall–Kier alpha value is -3.33. The molecule has 0 atom stereocenters. The Morgan fingerprint density at radius 2 is 2.00 bits per heavy atom. The first-order valence-electron chi connectivity index (χ1n) is 8.28. The van der Waals surface area contributed by atoms with E-state index in [-0.39, 0.29) is 5.91 Å². The summed E-state index contributed by atoms with van der Waals surface area (Å²) in [6, 6.07) is 7.71. The van der Waals surface area contributed by atoms with Gasteiger partial charge in [0, 0.05) is 11.9 Å². The topological polar surface area (TPSA) is 112 Å². The molecule has 0 aliphatic heterocycles. The normalized spacial score (nSPS) is 11.0. The zero-order valence-corrected chi connectivity index (χ0v) is 15.6. The number of aromatic nitrogens is 5. The van der Waals surface area contributed by atoms with Crippen molar-refractivity contribution in [2.75, 3.05) is 5.73 Å². The summed E-state index contributed by atoms with van der Waals surface area (Å²) in [5, 5.41) is 16.1. The van der Waals surface area contributed by atoms with Gasteiger partial charge in [-0.05, 0) is 37.1 Å². The summed E-state index contributed by atoms with van der Waals surface area (Å²) in [5.74, 6) is -0.215. The van der Waals surface area contributed by atoms with Crippen molar-refractivity contribution in [3.63, 3.8) is 0 Å². The van der Waals surface area contributed by atoms with Gasteiger partial charge in [-0.2, -0.15) is 10.2 Å². The Balaban J connectivity index is 1.50. The van der Waals surface area contributed by atoms with Crippen LogP contribution in [0.2, 0.25) is 0 Å². The molecule has 4 aromatic rings. The Morgan fingerprint density at radius 3 is 2.70 bits per heavy atom. The van der Waals surface area contributed by atoms with Gasteiger partial charge in [-0.25, -0.2) is 9.67 Å². The molecule has 8 nitrogen and oxygen atoms in total. The van der Waals surface area contributed by atoms with Gasteiger partial charge in [0.05, 0.1) is 17.1 Å². The largest absolute Gasteiger partial charge is 0.397 e. The quantitative estimate of drug-likeness (QED) is 0.563. The van der Waals surface area contributed by atoms with Crippen molar-refractivity contribution < 1.29 is 4.79 Å². The summed E-state index contributed by atoms with van der Waals surface area (Å²) >= 11 is 1.26. The van der Waals surface area contributed by atoms with Crippen molar-refractivity contribution in [2.45, 2.75) is 20.4 Å². The standard InChI is InChI=1S/C18H17N7OS/c1-10-11(2)23-24-18-14(10)15(19)16(27-18)17(26)21-7-12-3-5-13(6-4-12)25-9-20-8-22-25/h3-6,8-9H,7,19H2,1-2H3,(H,21,26). The van der Waals surface area contributed by atoms with E-state index in [0.717, 1.165) is 27.9 Å². The van der Waals surface area contributed by atoms with Crippen molar-refractivity contribution in [3.8, 4) is 5.69 Å². The molecule has 0 unspecified atom stereocenters. The van der Waals surface area contributed by atoms with E-state index in [1.165, 1.54) is 17.7 Å². The van der Waals surface area contributed by atoms with E-state index in [0.29, 0.717) is 21.9 Å². The Kier molecular flexibility index (Phi) is 4.28. The van der Waals surface area contributed by atoms with Gasteiger partial charge in [-0.15, -0.1) is 16.4 Å². The fourth-order valence-corrected chi connectivity index (χ4v) is 3.80. The molecule has 0 aliphatic rings. The molecule has 0 fully saturated rings. The lowest BCUT2D eigenvalue weighted by Crippen LogP contribution is -2.22. The second-order valence-electron chi connectivity index (χ2n) is 6.12. The molecular formula is C18H17N7OS. The lowest BCUT2D eigenvalue weighted by molar-refractivity contribution is 0.0956. The number of nitrogens with two attached hydrogens (primary N) is 1. The number of carbonyl (C=O) groups excluding carboxylic acids is 1. The van der Waals surface area contributed by atoms with Crippen molar-refractivity contribution >= 4 is 33.1 Å². The van der Waals surface area contributed by atoms with Crippen molar-refractivity contribution in [1.29, 1.82) is 0 Å². The SMILES string of the molecule is Cc1nnc2sc(C(=O)NCc3ccc(-n4cncn4)cc3)c(N)c2c1C. The first-order chi connectivity index (χ1) is 13.0. The van der Waals surface area contributed by atoms with Gasteiger partial charge in [0.25, 0.3) is 5.91 Å². The van der Waals surface area contributed by atoms with Crippen LogP contribution < -0.4 is 11.1 Å². The van der Waals surface area contributed by atoms with Crippen LogP contribution in [0.25, 0.3) is 15.9 Å². The third kappa shape index (κ3) is 3.13. The highest BCUT2D eigenvalue weighted by Crippen LogP contribution is 2.34. The number of anilines is 1. The lowest BCUT2D eigenvalue weighted by atomic mass is 10.1. The molecule has 27 heavy (non-hydrogen) atoms. The van der Waals surface area contributed by atoms with E-state index in [2.05, 4.69) is 25.6 Å². The molecule has 136 valence electrons. The Labute approximate surface area is 159 Å². The Morgan fingerprint density at radius 1 is 1.22 bits per heavy atom. The maximum atomic E-state index is 12.6. The van der Waals surface area contributed by atoms with E-state index in [9.17, 15) is 4.79 Å². The summed E-state index contributed by atoms with van der Waals surface area (Å²) in [7, 11) is 0. The Bertz CT molecular complexity index is 1120. The zero-order chi connectivity index (χ0) is 19.0. The van der Waals surface area contributed by atoms with Gasteiger partial charge < -0.3 is 11.1 Å². The van der Waals surface area contributed by atoms with E-state index in [1.807, 2.05) is 38.1 Å². The van der Waals surface area contributed by atoms with Gasteiger partial charge in [0.2, 0.25) is 0 Å². The molecule has 9 heteroatoms. The van der Waals surface area contributed by atoms with Crippen LogP contribution in [-0.2, 0) is 6.54 Å². The number of fused-ring (bicyclic) bond motifs is 1. The number of benzene rings is 1. The smallest absolute Gasteiger partial charge is 0.263 e. The van der Waals surface area contributed by atoms with Crippen molar-refractivity contribution in [1.82, 2.24) is 30.3 Å². The maximum Gasteiger partial charge on any atom is 0.263 e. The molecule has 3 heterocycles. The number of nitrogens with zero attached hydrogens (tertiary/aromatic N) is 5. The number of hydrogen-bond acceptors (Lipinski definition) is 7. The van der Waals surface area contributed by atoms with Crippen molar-refractivity contribution in [2.24, 2.45) is 0 Å². The third-order valence-corrected chi connectivity index (χ3v) is 5.50. The molecule has 3 aromatic heterocycles. The average Bonchev–Trinajstić information content (AvgIpc) is 3.32. The fourth-order valence-electron chi connectivity index (χ4n) is 2.78. The predicted molar refractivity (Wildman–Crippen MR) is 104 cm³/mol. The number of amides is 1. The predicted octanol–water partition coefficient (Wildman–Crippen LogP) is 2.40. The number of hydrogen-bond donors (Lipinski definition) is 2. The first-order valence-corrected chi connectivity index (χ1v) is 9.10. The number of nitrogens with one attached hydrogen (secondary N) is 1. The monoisotopic (exact) mass is 379 g/mol. The number of carbonyl (C=O) groups is 1. The molecule has 4 rings (SSSR count). The van der Waals surface area contributed by atoms with Crippen LogP contribution in [0.3, 0.4) is 0 Å². The fraction of sp³-hybridized carbons (Fsp3) is 0.167. The van der Waals surface area contributed by atoms with Gasteiger partial charge in [-0.3, -0.25) is 4.79 Å². The molecular weight excluding hydrogens is 362 g/mol. The second kappa shape index (κ2) is 6.76. The van der Waals surface area contributed by atoms with Crippen molar-refractivity contribution in [3.05, 3.63) is 58.6 Å². The van der Waals surface area contributed by atoms with Gasteiger partial charge in [-0.1, -0.05) is 12.1 Å². The zero-order valence-electron chi connectivity index (χ0n) is 14.8. The van der Waals surface area contributed by atoms with Crippen LogP contribution in [0.15, 0.2) is 36.9 Å². The number of rotatable bonds is 4. The molecule has 0 saturated heterocycles. The first kappa shape index (κ1) is 17.1. The molecule has 0 radical (unpaired) electrons. The van der Waals surface area contributed by atoms with Gasteiger partial charge >= 0.3 is 0 Å². The summed E-state index contributed by atoms with van der Waals surface area (Å²) < 4.78 is 1.67. The summed E-state index contributed by atoms with van der Waals surface area (Å²) in [5.41, 5.74) is 10.3. The molecule has 0 aliphatic carbocycles. The van der Waals surface area contributed by atoms with Gasteiger partial charge in [0.15, 0.2) is 0 Å². The summed E-state index contributed by atoms with van der Waals surface area (Å²) in [6.45, 7) is 4.21. The van der Waals surface area contributed by atoms with Crippen LogP contribution in [0.5, 0.6) is 0 Å². The number of thiophene rings is 1. The number of nitrogen functional groups attached to an aromatic ring is 1. The minimum atomic E-state index is -0.215. The van der Waals surface area contributed by atoms with E-state index < -0.39 is 0 Å². The summed E-state index contributed by atoms with van der Waals surface area (Å²) in [6.07, 6.45) is 3.12. The molecule has 0 spiro atoms. The minimum Gasteiger partial charge on any atom is -0.397 e.